The summed E-state index contributed by atoms with van der Waals surface area (Å²) in [5, 5.41) is 7.89. The predicted octanol–water partition coefficient (Wildman–Crippen LogP) is 2.75. The first kappa shape index (κ1) is 18.2. The molecule has 4 aliphatic rings. The Morgan fingerprint density at radius 3 is 2.54 bits per heavy atom. The summed E-state index contributed by atoms with van der Waals surface area (Å²) < 4.78 is 5.45. The molecule has 0 radical (unpaired) electrons. The molecule has 150 valence electrons. The minimum atomic E-state index is 0.231. The molecule has 0 aromatic heterocycles. The SMILES string of the molecule is O=C(C1=C2N[C@H]3CCCC[C@@H]3N[C@@H](c3ccccc3)[C@H]2CC1)N1CCOCC1. The lowest BCUT2D eigenvalue weighted by molar-refractivity contribution is -0.131. The van der Waals surface area contributed by atoms with Gasteiger partial charge in [0, 0.05) is 48.4 Å². The highest BCUT2D eigenvalue weighted by Crippen LogP contribution is 2.43. The Labute approximate surface area is 167 Å². The summed E-state index contributed by atoms with van der Waals surface area (Å²) in [5.74, 6) is 0.586. The fraction of sp³-hybridized carbons (Fsp3) is 0.609. The van der Waals surface area contributed by atoms with E-state index in [0.717, 1.165) is 18.4 Å². The molecule has 1 aromatic carbocycles. The van der Waals surface area contributed by atoms with Crippen molar-refractivity contribution in [3.63, 3.8) is 0 Å². The van der Waals surface area contributed by atoms with Crippen LogP contribution in [0.25, 0.3) is 0 Å². The third kappa shape index (κ3) is 3.35. The lowest BCUT2D eigenvalue weighted by Crippen LogP contribution is -2.48. The van der Waals surface area contributed by atoms with E-state index in [2.05, 4.69) is 41.0 Å². The standard InChI is InChI=1S/C23H31N3O2/c27-23(26-12-14-28-15-13-26)18-11-10-17-21(16-6-2-1-3-7-16)24-19-8-4-5-9-20(19)25-22(17)18/h1-3,6-7,17,19-21,24-25H,4-5,8-15H2/t17-,19+,20+,21+/m1/s1. The predicted molar refractivity (Wildman–Crippen MR) is 109 cm³/mol. The number of amides is 1. The fourth-order valence-corrected chi connectivity index (χ4v) is 5.55. The largest absolute Gasteiger partial charge is 0.383 e. The Morgan fingerprint density at radius 1 is 1.00 bits per heavy atom. The van der Waals surface area contributed by atoms with E-state index in [4.69, 9.17) is 4.74 Å². The van der Waals surface area contributed by atoms with Gasteiger partial charge in [-0.05, 0) is 31.2 Å². The average molecular weight is 382 g/mol. The molecule has 2 aliphatic carbocycles. The lowest BCUT2D eigenvalue weighted by Gasteiger charge is -2.33. The van der Waals surface area contributed by atoms with Crippen LogP contribution in [0.15, 0.2) is 41.6 Å². The first-order chi connectivity index (χ1) is 13.8. The number of carbonyl (C=O) groups is 1. The zero-order valence-electron chi connectivity index (χ0n) is 16.5. The molecule has 1 aromatic rings. The van der Waals surface area contributed by atoms with Gasteiger partial charge in [0.2, 0.25) is 0 Å². The van der Waals surface area contributed by atoms with Crippen molar-refractivity contribution in [3.8, 4) is 0 Å². The van der Waals surface area contributed by atoms with Gasteiger partial charge in [-0.15, -0.1) is 0 Å². The Morgan fingerprint density at radius 2 is 1.75 bits per heavy atom. The summed E-state index contributed by atoms with van der Waals surface area (Å²) in [6.45, 7) is 2.74. The van der Waals surface area contributed by atoms with Crippen molar-refractivity contribution in [3.05, 3.63) is 47.2 Å². The van der Waals surface area contributed by atoms with E-state index >= 15 is 0 Å². The summed E-state index contributed by atoms with van der Waals surface area (Å²) in [7, 11) is 0. The highest BCUT2D eigenvalue weighted by atomic mass is 16.5. The first-order valence-electron chi connectivity index (χ1n) is 11.0. The van der Waals surface area contributed by atoms with Crippen molar-refractivity contribution < 1.29 is 9.53 Å². The van der Waals surface area contributed by atoms with E-state index in [0.29, 0.717) is 44.3 Å². The van der Waals surface area contributed by atoms with Gasteiger partial charge in [-0.1, -0.05) is 43.2 Å². The Hall–Kier alpha value is -1.85. The van der Waals surface area contributed by atoms with Crippen LogP contribution in [0.4, 0.5) is 0 Å². The molecular weight excluding hydrogens is 350 g/mol. The van der Waals surface area contributed by atoms with E-state index in [1.54, 1.807) is 0 Å². The summed E-state index contributed by atoms with van der Waals surface area (Å²) in [5.41, 5.74) is 3.60. The molecule has 4 atom stereocenters. The number of benzene rings is 1. The zero-order valence-corrected chi connectivity index (χ0v) is 16.5. The van der Waals surface area contributed by atoms with Crippen LogP contribution < -0.4 is 10.6 Å². The molecule has 1 saturated carbocycles. The summed E-state index contributed by atoms with van der Waals surface area (Å²) in [4.78, 5) is 15.3. The van der Waals surface area contributed by atoms with Crippen LogP contribution in [0, 0.1) is 5.92 Å². The van der Waals surface area contributed by atoms with Crippen LogP contribution in [0.5, 0.6) is 0 Å². The maximum Gasteiger partial charge on any atom is 0.251 e. The van der Waals surface area contributed by atoms with E-state index in [9.17, 15) is 4.79 Å². The summed E-state index contributed by atoms with van der Waals surface area (Å²) in [6, 6.07) is 12.0. The molecule has 0 unspecified atom stereocenters. The maximum atomic E-state index is 13.3. The van der Waals surface area contributed by atoms with Gasteiger partial charge in [0.1, 0.15) is 0 Å². The topological polar surface area (TPSA) is 53.6 Å². The second-order valence-electron chi connectivity index (χ2n) is 8.64. The van der Waals surface area contributed by atoms with Crippen LogP contribution in [0.1, 0.15) is 50.1 Å². The van der Waals surface area contributed by atoms with Gasteiger partial charge in [-0.25, -0.2) is 0 Å². The Bertz CT molecular complexity index is 741. The smallest absolute Gasteiger partial charge is 0.251 e. The summed E-state index contributed by atoms with van der Waals surface area (Å²) in [6.07, 6.45) is 6.89. The molecule has 0 spiro atoms. The van der Waals surface area contributed by atoms with E-state index in [1.165, 1.54) is 36.9 Å². The van der Waals surface area contributed by atoms with E-state index in [-0.39, 0.29) is 11.9 Å². The molecular formula is C23H31N3O2. The monoisotopic (exact) mass is 381 g/mol. The van der Waals surface area contributed by atoms with Crippen LogP contribution in [0.2, 0.25) is 0 Å². The average Bonchev–Trinajstić information content (AvgIpc) is 3.09. The molecule has 2 heterocycles. The number of morpholine rings is 1. The number of hydrogen-bond donors (Lipinski definition) is 2. The Balaban J connectivity index is 1.50. The van der Waals surface area contributed by atoms with Crippen LogP contribution in [-0.2, 0) is 9.53 Å². The van der Waals surface area contributed by atoms with Gasteiger partial charge in [-0.2, -0.15) is 0 Å². The third-order valence-electron chi connectivity index (χ3n) is 7.02. The van der Waals surface area contributed by atoms with Gasteiger partial charge in [0.25, 0.3) is 5.91 Å². The molecule has 1 amide bonds. The molecule has 5 rings (SSSR count). The van der Waals surface area contributed by atoms with Crippen molar-refractivity contribution in [2.75, 3.05) is 26.3 Å². The highest BCUT2D eigenvalue weighted by molar-refractivity contribution is 5.95. The van der Waals surface area contributed by atoms with Crippen molar-refractivity contribution >= 4 is 5.91 Å². The number of nitrogens with one attached hydrogen (secondary N) is 2. The van der Waals surface area contributed by atoms with E-state index in [1.807, 2.05) is 4.90 Å². The molecule has 5 nitrogen and oxygen atoms in total. The lowest BCUT2D eigenvalue weighted by atomic mass is 9.88. The number of carbonyl (C=O) groups excluding carboxylic acids is 1. The maximum absolute atomic E-state index is 13.3. The van der Waals surface area contributed by atoms with Crippen molar-refractivity contribution in [2.24, 2.45) is 5.92 Å². The number of fused-ring (bicyclic) bond motifs is 2. The minimum absolute atomic E-state index is 0.231. The van der Waals surface area contributed by atoms with Gasteiger partial charge in [0.15, 0.2) is 0 Å². The Kier molecular flexibility index (Phi) is 5.12. The summed E-state index contributed by atoms with van der Waals surface area (Å²) >= 11 is 0. The second-order valence-corrected chi connectivity index (χ2v) is 8.64. The van der Waals surface area contributed by atoms with Crippen LogP contribution in [0.3, 0.4) is 0 Å². The molecule has 3 fully saturated rings. The van der Waals surface area contributed by atoms with Crippen LogP contribution in [-0.4, -0.2) is 49.2 Å². The van der Waals surface area contributed by atoms with Crippen molar-refractivity contribution in [1.29, 1.82) is 0 Å². The van der Waals surface area contributed by atoms with Crippen molar-refractivity contribution in [2.45, 2.75) is 56.7 Å². The molecule has 2 saturated heterocycles. The van der Waals surface area contributed by atoms with Gasteiger partial charge in [0.05, 0.1) is 13.2 Å². The van der Waals surface area contributed by atoms with Crippen LogP contribution >= 0.6 is 0 Å². The zero-order chi connectivity index (χ0) is 18.9. The number of ether oxygens (including phenoxy) is 1. The molecule has 28 heavy (non-hydrogen) atoms. The molecule has 0 bridgehead atoms. The second kappa shape index (κ2) is 7.88. The van der Waals surface area contributed by atoms with Crippen molar-refractivity contribution in [1.82, 2.24) is 15.5 Å². The number of nitrogens with zero attached hydrogens (tertiary/aromatic N) is 1. The van der Waals surface area contributed by atoms with Gasteiger partial charge in [-0.3, -0.25) is 4.79 Å². The number of hydrogen-bond acceptors (Lipinski definition) is 4. The fourth-order valence-electron chi connectivity index (χ4n) is 5.55. The molecule has 2 aliphatic heterocycles. The number of rotatable bonds is 2. The molecule has 5 heteroatoms. The quantitative estimate of drug-likeness (QED) is 0.827. The van der Waals surface area contributed by atoms with Gasteiger partial charge >= 0.3 is 0 Å². The highest BCUT2D eigenvalue weighted by Gasteiger charge is 2.42. The van der Waals surface area contributed by atoms with E-state index < -0.39 is 0 Å². The minimum Gasteiger partial charge on any atom is -0.383 e. The third-order valence-corrected chi connectivity index (χ3v) is 7.02. The van der Waals surface area contributed by atoms with Gasteiger partial charge < -0.3 is 20.3 Å². The normalized spacial score (nSPS) is 32.9. The first-order valence-corrected chi connectivity index (χ1v) is 11.0. The molecule has 2 N–H and O–H groups in total.